The third-order valence-electron chi connectivity index (χ3n) is 22.3. The zero-order valence-electron chi connectivity index (χ0n) is 51.3. The second kappa shape index (κ2) is 22.7. The Kier molecular flexibility index (Phi) is 14.2. The summed E-state index contributed by atoms with van der Waals surface area (Å²) < 4.78 is 116. The summed E-state index contributed by atoms with van der Waals surface area (Å²) in [5.41, 5.74) is 13.7. The average molecular weight is 1280 g/mol. The van der Waals surface area contributed by atoms with Crippen molar-refractivity contribution in [1.82, 2.24) is 0 Å². The van der Waals surface area contributed by atoms with Gasteiger partial charge in [0.05, 0.1) is 16.4 Å². The van der Waals surface area contributed by atoms with Crippen LogP contribution in [0.2, 0.25) is 5.02 Å². The average Bonchev–Trinajstić information content (AvgIpc) is 0.692. The van der Waals surface area contributed by atoms with Crippen molar-refractivity contribution in [2.45, 2.75) is 87.9 Å². The van der Waals surface area contributed by atoms with E-state index in [1.165, 1.54) is 148 Å². The van der Waals surface area contributed by atoms with Gasteiger partial charge < -0.3 is 19.6 Å². The molecule has 94 heavy (non-hydrogen) atoms. The van der Waals surface area contributed by atoms with Crippen molar-refractivity contribution in [1.29, 1.82) is 0 Å². The maximum Gasteiger partial charge on any atom is 0.252 e. The van der Waals surface area contributed by atoms with Gasteiger partial charge in [-0.25, -0.2) is 35.1 Å². The van der Waals surface area contributed by atoms with Gasteiger partial charge in [-0.15, -0.1) is 0 Å². The summed E-state index contributed by atoms with van der Waals surface area (Å²) in [6.07, 6.45) is 14.6. The van der Waals surface area contributed by atoms with E-state index < -0.39 is 6.71 Å². The SMILES string of the molecule is Fc1ccc(N(c2ccc(F)cc2)c2cc(C34CC5CC(CC(C5)C3)C4)cc(N(c3ccc(F)cc3)c3ccc(F)cc3)c2Cl)cc1.Fc1ccc(N2c3ccc(F)cc3B3c4cc(F)ccc4N(c4ccc(F)cc4)c4cc(C56CC7CC(CC(C7)C5)C6)cc2c43)cc1. The molecule has 10 aromatic rings. The molecule has 470 valence electrons. The summed E-state index contributed by atoms with van der Waals surface area (Å²) in [7, 11) is 0. The van der Waals surface area contributed by atoms with Crippen molar-refractivity contribution < 1.29 is 35.1 Å². The van der Waals surface area contributed by atoms with E-state index in [4.69, 9.17) is 11.6 Å². The molecule has 0 N–H and O–H groups in total. The van der Waals surface area contributed by atoms with Gasteiger partial charge in [-0.05, 0) is 357 Å². The maximum atomic E-state index is 15.2. The second-order valence-corrected chi connectivity index (χ2v) is 28.6. The third-order valence-corrected chi connectivity index (χ3v) is 22.7. The Hall–Kier alpha value is -8.81. The van der Waals surface area contributed by atoms with Gasteiger partial charge in [-0.2, -0.15) is 0 Å². The minimum Gasteiger partial charge on any atom is -0.311 e. The van der Waals surface area contributed by atoms with Gasteiger partial charge in [0.2, 0.25) is 0 Å². The van der Waals surface area contributed by atoms with Crippen molar-refractivity contribution in [2.75, 3.05) is 19.6 Å². The highest BCUT2D eigenvalue weighted by atomic mass is 35.5. The zero-order valence-corrected chi connectivity index (χ0v) is 52.1. The summed E-state index contributed by atoms with van der Waals surface area (Å²) in [5.74, 6) is 1.31. The Bertz CT molecular complexity index is 4140. The van der Waals surface area contributed by atoms with E-state index in [1.807, 2.05) is 9.80 Å². The molecule has 0 spiro atoms. The number of hydrogen-bond donors (Lipinski definition) is 0. The van der Waals surface area contributed by atoms with Gasteiger partial charge in [0.25, 0.3) is 6.71 Å². The fourth-order valence-corrected chi connectivity index (χ4v) is 19.6. The molecular formula is C80H64BClF8N4. The van der Waals surface area contributed by atoms with Crippen LogP contribution < -0.4 is 36.0 Å². The lowest BCUT2D eigenvalue weighted by Gasteiger charge is -2.57. The smallest absolute Gasteiger partial charge is 0.252 e. The van der Waals surface area contributed by atoms with Crippen LogP contribution in [0.25, 0.3) is 0 Å². The lowest BCUT2D eigenvalue weighted by Crippen LogP contribution is -2.61. The number of rotatable bonds is 10. The lowest BCUT2D eigenvalue weighted by molar-refractivity contribution is -0.00526. The molecule has 10 aromatic carbocycles. The van der Waals surface area contributed by atoms with Crippen molar-refractivity contribution >= 4 is 103 Å². The molecule has 8 fully saturated rings. The van der Waals surface area contributed by atoms with Gasteiger partial charge in [0, 0.05) is 56.9 Å². The first-order valence-electron chi connectivity index (χ1n) is 32.9. The number of anilines is 12. The van der Waals surface area contributed by atoms with Crippen molar-refractivity contribution in [3.8, 4) is 0 Å². The second-order valence-electron chi connectivity index (χ2n) is 28.2. The lowest BCUT2D eigenvalue weighted by atomic mass is 9.33. The summed E-state index contributed by atoms with van der Waals surface area (Å²) in [6, 6.07) is 56.1. The molecule has 10 aliphatic rings. The van der Waals surface area contributed by atoms with Crippen LogP contribution in [0.15, 0.2) is 206 Å². The molecule has 8 bridgehead atoms. The molecule has 2 heterocycles. The van der Waals surface area contributed by atoms with Crippen LogP contribution in [0.1, 0.15) is 88.2 Å². The van der Waals surface area contributed by atoms with E-state index in [0.717, 1.165) is 93.1 Å². The summed E-state index contributed by atoms with van der Waals surface area (Å²) >= 11 is 7.52. The summed E-state index contributed by atoms with van der Waals surface area (Å²) in [6.45, 7) is -0.449. The van der Waals surface area contributed by atoms with Crippen LogP contribution in [0.3, 0.4) is 0 Å². The highest BCUT2D eigenvalue weighted by molar-refractivity contribution is 7.00. The van der Waals surface area contributed by atoms with Crippen molar-refractivity contribution in [3.05, 3.63) is 269 Å². The molecule has 14 heteroatoms. The molecule has 0 aromatic heterocycles. The molecule has 0 atom stereocenters. The third kappa shape index (κ3) is 10.2. The van der Waals surface area contributed by atoms with Crippen LogP contribution in [-0.2, 0) is 10.8 Å². The van der Waals surface area contributed by atoms with Crippen LogP contribution in [0.5, 0.6) is 0 Å². The van der Waals surface area contributed by atoms with Gasteiger partial charge in [-0.3, -0.25) is 0 Å². The fraction of sp³-hybridized carbons (Fsp3) is 0.250. The topological polar surface area (TPSA) is 13.0 Å². The predicted octanol–water partition coefficient (Wildman–Crippen LogP) is 21.1. The molecule has 4 nitrogen and oxygen atoms in total. The fourth-order valence-electron chi connectivity index (χ4n) is 19.4. The predicted molar refractivity (Wildman–Crippen MR) is 361 cm³/mol. The molecule has 2 aliphatic heterocycles. The summed E-state index contributed by atoms with van der Waals surface area (Å²) in [5, 5.41) is 0.390. The maximum absolute atomic E-state index is 15.2. The van der Waals surface area contributed by atoms with E-state index in [-0.39, 0.29) is 57.4 Å². The molecule has 0 radical (unpaired) electrons. The Morgan fingerprint density at radius 2 is 0.585 bits per heavy atom. The first kappa shape index (κ1) is 59.0. The standard InChI is InChI=1S/C40H31BF4N2.C40H33ClF4N2/c42-27-1-7-31(8-2-27)46-35-11-5-29(44)18-33(35)41-34-19-30(45)6-12-36(34)47(32-9-3-28(43)4-10-32)38-17-26(16-37(46)39(38)41)40-20-23-13-24(21-40)15-25(14-23)22-40;41-39-37(46(33-9-1-29(42)2-10-33)34-11-3-30(43)4-12-34)20-28(40-22-25-17-26(23-40)19-27(18-25)24-40)21-38(39)47(35-13-5-31(44)6-14-35)36-15-7-32(45)8-16-36/h1-12,16-19,23-25H,13-15,20-22H2;1-16,20-21,25-27H,17-19,22-24H2. The Balaban J connectivity index is 0.000000143. The van der Waals surface area contributed by atoms with E-state index in [9.17, 15) is 26.3 Å². The highest BCUT2D eigenvalue weighted by Crippen LogP contribution is 2.64. The molecular weight excluding hydrogens is 1220 g/mol. The minimum absolute atomic E-state index is 0.0443. The first-order valence-corrected chi connectivity index (χ1v) is 33.3. The number of halogens is 9. The monoisotopic (exact) mass is 1280 g/mol. The Morgan fingerprint density at radius 3 is 0.883 bits per heavy atom. The van der Waals surface area contributed by atoms with Crippen LogP contribution in [0.4, 0.5) is 103 Å². The number of benzene rings is 10. The van der Waals surface area contributed by atoms with Gasteiger partial charge in [0.1, 0.15) is 46.5 Å². The van der Waals surface area contributed by atoms with Crippen LogP contribution in [0, 0.1) is 82.0 Å². The van der Waals surface area contributed by atoms with Crippen molar-refractivity contribution in [3.63, 3.8) is 0 Å². The molecule has 20 rings (SSSR count). The minimum atomic E-state index is -0.449. The summed E-state index contributed by atoms with van der Waals surface area (Å²) in [4.78, 5) is 8.12. The molecule has 0 saturated heterocycles. The van der Waals surface area contributed by atoms with Gasteiger partial charge >= 0.3 is 0 Å². The molecule has 0 amide bonds. The normalized spacial score (nSPS) is 23.7. The number of hydrogen-bond acceptors (Lipinski definition) is 4. The Morgan fingerprint density at radius 1 is 0.319 bits per heavy atom. The molecule has 8 aliphatic carbocycles. The van der Waals surface area contributed by atoms with E-state index in [0.29, 0.717) is 56.9 Å². The quantitative estimate of drug-likeness (QED) is 0.0999. The zero-order chi connectivity index (χ0) is 63.9. The number of nitrogens with zero attached hydrogens (tertiary/aromatic N) is 4. The van der Waals surface area contributed by atoms with Crippen molar-refractivity contribution in [2.24, 2.45) is 35.5 Å². The van der Waals surface area contributed by atoms with Crippen LogP contribution in [-0.4, -0.2) is 6.71 Å². The van der Waals surface area contributed by atoms with E-state index in [2.05, 4.69) is 34.1 Å². The Labute approximate surface area is 547 Å². The van der Waals surface area contributed by atoms with E-state index >= 15 is 8.78 Å². The molecule has 0 unspecified atom stereocenters. The van der Waals surface area contributed by atoms with E-state index in [1.54, 1.807) is 97.1 Å². The first-order chi connectivity index (χ1) is 45.6. The number of fused-ring (bicyclic) bond motifs is 4. The molecule has 8 saturated carbocycles. The highest BCUT2D eigenvalue weighted by Gasteiger charge is 2.55. The van der Waals surface area contributed by atoms with Gasteiger partial charge in [-0.1, -0.05) is 11.6 Å². The largest absolute Gasteiger partial charge is 0.311 e. The van der Waals surface area contributed by atoms with Gasteiger partial charge in [0.15, 0.2) is 0 Å². The van der Waals surface area contributed by atoms with Crippen LogP contribution >= 0.6 is 11.6 Å².